The molecular weight excluding hydrogens is 416 g/mol. The average molecular weight is 449 g/mol. The number of rotatable bonds is 8. The summed E-state index contributed by atoms with van der Waals surface area (Å²) in [6.45, 7) is 12.4. The number of nitrogens with one attached hydrogen (secondary N) is 1. The summed E-state index contributed by atoms with van der Waals surface area (Å²) < 4.78 is 12.0. The molecule has 0 saturated heterocycles. The smallest absolute Gasteiger partial charge is 0.240 e. The number of aromatic nitrogens is 1. The molecule has 1 amide bonds. The van der Waals surface area contributed by atoms with Crippen molar-refractivity contribution < 1.29 is 13.9 Å². The SMILES string of the molecule is CC1CC(=O)NN=C1c1ccc2nc(-c3ccc(OCCN(C(C)C)C(C)C)cc3)oc2c1. The molecule has 0 aliphatic carbocycles. The summed E-state index contributed by atoms with van der Waals surface area (Å²) in [7, 11) is 0. The lowest BCUT2D eigenvalue weighted by Gasteiger charge is -2.30. The zero-order chi connectivity index (χ0) is 23.5. The van der Waals surface area contributed by atoms with Crippen molar-refractivity contribution in [2.45, 2.75) is 53.1 Å². The zero-order valence-corrected chi connectivity index (χ0v) is 20.0. The van der Waals surface area contributed by atoms with Crippen LogP contribution in [0.15, 0.2) is 52.0 Å². The Morgan fingerprint density at radius 2 is 1.79 bits per heavy atom. The highest BCUT2D eigenvalue weighted by atomic mass is 16.5. The maximum atomic E-state index is 11.5. The molecule has 3 aromatic rings. The van der Waals surface area contributed by atoms with E-state index in [0.717, 1.165) is 34.6 Å². The maximum Gasteiger partial charge on any atom is 0.240 e. The fourth-order valence-corrected chi connectivity index (χ4v) is 4.28. The Hall–Kier alpha value is -3.19. The Morgan fingerprint density at radius 1 is 1.09 bits per heavy atom. The van der Waals surface area contributed by atoms with Gasteiger partial charge in [-0.25, -0.2) is 10.4 Å². The predicted octanol–water partition coefficient (Wildman–Crippen LogP) is 4.85. The van der Waals surface area contributed by atoms with Crippen LogP contribution in [0.1, 0.15) is 46.6 Å². The van der Waals surface area contributed by atoms with Gasteiger partial charge >= 0.3 is 0 Å². The average Bonchev–Trinajstić information content (AvgIpc) is 3.20. The Morgan fingerprint density at radius 3 is 2.45 bits per heavy atom. The van der Waals surface area contributed by atoms with Gasteiger partial charge in [0.15, 0.2) is 5.58 Å². The molecule has 4 rings (SSSR count). The third-order valence-electron chi connectivity index (χ3n) is 5.99. The molecule has 0 spiro atoms. The largest absolute Gasteiger partial charge is 0.492 e. The van der Waals surface area contributed by atoms with Crippen molar-refractivity contribution in [2.75, 3.05) is 13.2 Å². The van der Waals surface area contributed by atoms with Crippen LogP contribution in [0.2, 0.25) is 0 Å². The minimum atomic E-state index is -0.0566. The molecule has 33 heavy (non-hydrogen) atoms. The number of oxazole rings is 1. The molecule has 7 nitrogen and oxygen atoms in total. The summed E-state index contributed by atoms with van der Waals surface area (Å²) in [5.41, 5.74) is 6.71. The van der Waals surface area contributed by atoms with E-state index in [9.17, 15) is 4.79 Å². The highest BCUT2D eigenvalue weighted by Gasteiger charge is 2.22. The van der Waals surface area contributed by atoms with Crippen LogP contribution in [0, 0.1) is 5.92 Å². The summed E-state index contributed by atoms with van der Waals surface area (Å²) in [5.74, 6) is 1.39. The van der Waals surface area contributed by atoms with Crippen LogP contribution in [-0.2, 0) is 4.79 Å². The van der Waals surface area contributed by atoms with Gasteiger partial charge in [0, 0.05) is 42.1 Å². The second kappa shape index (κ2) is 9.75. The molecule has 174 valence electrons. The van der Waals surface area contributed by atoms with E-state index < -0.39 is 0 Å². The normalized spacial score (nSPS) is 16.5. The first-order chi connectivity index (χ1) is 15.8. The van der Waals surface area contributed by atoms with Crippen LogP contribution in [0.3, 0.4) is 0 Å². The lowest BCUT2D eigenvalue weighted by atomic mass is 9.94. The van der Waals surface area contributed by atoms with Crippen LogP contribution >= 0.6 is 0 Å². The van der Waals surface area contributed by atoms with Crippen molar-refractivity contribution in [3.8, 4) is 17.2 Å². The number of hydrazone groups is 1. The Balaban J connectivity index is 1.45. The molecule has 0 saturated carbocycles. The number of hydrogen-bond acceptors (Lipinski definition) is 6. The Bertz CT molecular complexity index is 1140. The molecule has 7 heteroatoms. The number of amides is 1. The highest BCUT2D eigenvalue weighted by Crippen LogP contribution is 2.28. The molecule has 1 aliphatic rings. The van der Waals surface area contributed by atoms with E-state index in [1.807, 2.05) is 49.4 Å². The second-order valence-electron chi connectivity index (χ2n) is 9.14. The monoisotopic (exact) mass is 448 g/mol. The first-order valence-electron chi connectivity index (χ1n) is 11.6. The molecule has 1 atom stereocenters. The molecule has 2 heterocycles. The minimum absolute atomic E-state index is 0.0549. The van der Waals surface area contributed by atoms with Crippen molar-refractivity contribution in [1.29, 1.82) is 0 Å². The molecule has 1 N–H and O–H groups in total. The van der Waals surface area contributed by atoms with E-state index in [1.165, 1.54) is 0 Å². The van der Waals surface area contributed by atoms with Crippen LogP contribution < -0.4 is 10.2 Å². The van der Waals surface area contributed by atoms with Crippen molar-refractivity contribution >= 4 is 22.7 Å². The van der Waals surface area contributed by atoms with Crippen LogP contribution in [0.5, 0.6) is 5.75 Å². The van der Waals surface area contributed by atoms with Gasteiger partial charge in [0.05, 0.1) is 5.71 Å². The predicted molar refractivity (Wildman–Crippen MR) is 130 cm³/mol. The number of nitrogens with zero attached hydrogens (tertiary/aromatic N) is 3. The zero-order valence-electron chi connectivity index (χ0n) is 20.0. The Kier molecular flexibility index (Phi) is 6.79. The first kappa shape index (κ1) is 23.0. The van der Waals surface area contributed by atoms with Gasteiger partial charge in [-0.2, -0.15) is 5.10 Å². The van der Waals surface area contributed by atoms with Gasteiger partial charge in [-0.3, -0.25) is 9.69 Å². The summed E-state index contributed by atoms with van der Waals surface area (Å²) in [5, 5.41) is 4.24. The minimum Gasteiger partial charge on any atom is -0.492 e. The first-order valence-corrected chi connectivity index (χ1v) is 11.6. The van der Waals surface area contributed by atoms with Gasteiger partial charge in [0.1, 0.15) is 17.9 Å². The van der Waals surface area contributed by atoms with Gasteiger partial charge < -0.3 is 9.15 Å². The van der Waals surface area contributed by atoms with Gasteiger partial charge in [0.2, 0.25) is 11.8 Å². The van der Waals surface area contributed by atoms with E-state index in [2.05, 4.69) is 48.1 Å². The van der Waals surface area contributed by atoms with Crippen molar-refractivity contribution in [2.24, 2.45) is 11.0 Å². The van der Waals surface area contributed by atoms with Crippen molar-refractivity contribution in [3.63, 3.8) is 0 Å². The number of carbonyl (C=O) groups is 1. The highest BCUT2D eigenvalue weighted by molar-refractivity contribution is 6.07. The van der Waals surface area contributed by atoms with Crippen LogP contribution in [0.25, 0.3) is 22.6 Å². The van der Waals surface area contributed by atoms with E-state index in [4.69, 9.17) is 9.15 Å². The third kappa shape index (κ3) is 5.25. The molecule has 1 unspecified atom stereocenters. The standard InChI is InChI=1S/C26H32N4O3/c1-16(2)30(17(3)4)12-13-32-21-9-6-19(7-10-21)26-27-22-11-8-20(15-23(22)33-26)25-18(5)14-24(31)28-29-25/h6-11,15-18H,12-14H2,1-5H3,(H,28,31). The summed E-state index contributed by atoms with van der Waals surface area (Å²) >= 11 is 0. The fourth-order valence-electron chi connectivity index (χ4n) is 4.28. The molecule has 2 aromatic carbocycles. The van der Waals surface area contributed by atoms with E-state index in [-0.39, 0.29) is 11.8 Å². The van der Waals surface area contributed by atoms with E-state index in [0.29, 0.717) is 36.6 Å². The number of benzene rings is 2. The van der Waals surface area contributed by atoms with Crippen LogP contribution in [0.4, 0.5) is 0 Å². The molecule has 1 aliphatic heterocycles. The number of ether oxygens (including phenoxy) is 1. The van der Waals surface area contributed by atoms with Gasteiger partial charge in [0.25, 0.3) is 0 Å². The lowest BCUT2D eigenvalue weighted by Crippen LogP contribution is -2.39. The second-order valence-corrected chi connectivity index (χ2v) is 9.14. The summed E-state index contributed by atoms with van der Waals surface area (Å²) in [6.07, 6.45) is 0.430. The summed E-state index contributed by atoms with van der Waals surface area (Å²) in [4.78, 5) is 18.6. The third-order valence-corrected chi connectivity index (χ3v) is 5.99. The van der Waals surface area contributed by atoms with Crippen molar-refractivity contribution in [3.05, 3.63) is 48.0 Å². The van der Waals surface area contributed by atoms with Crippen LogP contribution in [-0.4, -0.2) is 46.7 Å². The van der Waals surface area contributed by atoms with Gasteiger partial charge in [-0.1, -0.05) is 13.0 Å². The molecule has 1 aromatic heterocycles. The fraction of sp³-hybridized carbons (Fsp3) is 0.423. The quantitative estimate of drug-likeness (QED) is 0.533. The Labute approximate surface area is 194 Å². The molecular formula is C26H32N4O3. The maximum absolute atomic E-state index is 11.5. The molecule has 0 fully saturated rings. The van der Waals surface area contributed by atoms with E-state index in [1.54, 1.807) is 0 Å². The van der Waals surface area contributed by atoms with E-state index >= 15 is 0 Å². The number of fused-ring (bicyclic) bond motifs is 1. The molecule has 0 bridgehead atoms. The van der Waals surface area contributed by atoms with Gasteiger partial charge in [-0.15, -0.1) is 0 Å². The van der Waals surface area contributed by atoms with Crippen molar-refractivity contribution in [1.82, 2.24) is 15.3 Å². The topological polar surface area (TPSA) is 80.0 Å². The van der Waals surface area contributed by atoms with Gasteiger partial charge in [-0.05, 0) is 64.1 Å². The number of carbonyl (C=O) groups excluding carboxylic acids is 1. The molecule has 0 radical (unpaired) electrons. The number of hydrogen-bond donors (Lipinski definition) is 1. The summed E-state index contributed by atoms with van der Waals surface area (Å²) in [6, 6.07) is 14.6. The lowest BCUT2D eigenvalue weighted by molar-refractivity contribution is -0.121.